The lowest BCUT2D eigenvalue weighted by molar-refractivity contribution is 1.21. The fourth-order valence-electron chi connectivity index (χ4n) is 1.42. The van der Waals surface area contributed by atoms with Crippen molar-refractivity contribution in [3.05, 3.63) is 46.5 Å². The van der Waals surface area contributed by atoms with Gasteiger partial charge in [-0.2, -0.15) is 9.98 Å². The molecule has 1 aromatic carbocycles. The Morgan fingerprint density at radius 2 is 1.84 bits per heavy atom. The van der Waals surface area contributed by atoms with Crippen molar-refractivity contribution in [1.29, 1.82) is 0 Å². The summed E-state index contributed by atoms with van der Waals surface area (Å²) in [6, 6.07) is 9.42. The Morgan fingerprint density at radius 3 is 2.42 bits per heavy atom. The maximum absolute atomic E-state index is 5.86. The first-order chi connectivity index (χ1) is 9.06. The van der Waals surface area contributed by atoms with E-state index in [0.717, 1.165) is 16.1 Å². The number of aliphatic imine (C=N–C) groups is 2. The third-order valence-corrected chi connectivity index (χ3v) is 3.50. The SMILES string of the molecule is Cc1nc(/N=C(N)/N=C(\N)c2ccccc2)sc1C. The number of amidine groups is 1. The van der Waals surface area contributed by atoms with Crippen LogP contribution in [0.5, 0.6) is 0 Å². The summed E-state index contributed by atoms with van der Waals surface area (Å²) in [6.07, 6.45) is 0. The van der Waals surface area contributed by atoms with Gasteiger partial charge in [-0.3, -0.25) is 0 Å². The Hall–Kier alpha value is -2.21. The van der Waals surface area contributed by atoms with Crippen molar-refractivity contribution in [3.63, 3.8) is 0 Å². The Bertz CT molecular complexity index is 608. The molecule has 0 atom stereocenters. The van der Waals surface area contributed by atoms with Gasteiger partial charge in [-0.25, -0.2) is 4.98 Å². The molecule has 0 fully saturated rings. The van der Waals surface area contributed by atoms with Gasteiger partial charge < -0.3 is 11.5 Å². The van der Waals surface area contributed by atoms with Crippen molar-refractivity contribution in [1.82, 2.24) is 4.98 Å². The molecule has 0 radical (unpaired) electrons. The fraction of sp³-hybridized carbons (Fsp3) is 0.154. The van der Waals surface area contributed by atoms with Gasteiger partial charge in [0.2, 0.25) is 11.1 Å². The van der Waals surface area contributed by atoms with E-state index in [9.17, 15) is 0 Å². The van der Waals surface area contributed by atoms with E-state index < -0.39 is 0 Å². The molecule has 2 aromatic rings. The number of hydrogen-bond donors (Lipinski definition) is 2. The second-order valence-electron chi connectivity index (χ2n) is 3.97. The zero-order chi connectivity index (χ0) is 13.8. The van der Waals surface area contributed by atoms with E-state index >= 15 is 0 Å². The number of rotatable bonds is 2. The van der Waals surface area contributed by atoms with Gasteiger partial charge in [0.25, 0.3) is 0 Å². The smallest absolute Gasteiger partial charge is 0.224 e. The summed E-state index contributed by atoms with van der Waals surface area (Å²) < 4.78 is 0. The van der Waals surface area contributed by atoms with E-state index in [2.05, 4.69) is 15.0 Å². The van der Waals surface area contributed by atoms with Gasteiger partial charge in [0.1, 0.15) is 5.84 Å². The number of guanidine groups is 1. The number of hydrogen-bond acceptors (Lipinski definition) is 3. The van der Waals surface area contributed by atoms with Crippen LogP contribution in [-0.2, 0) is 0 Å². The molecule has 0 aliphatic carbocycles. The predicted molar refractivity (Wildman–Crippen MR) is 80.0 cm³/mol. The average molecular weight is 273 g/mol. The number of thiazole rings is 1. The molecule has 1 heterocycles. The molecule has 0 bridgehead atoms. The lowest BCUT2D eigenvalue weighted by Gasteiger charge is -1.99. The predicted octanol–water partition coefficient (Wildman–Crippen LogP) is 2.11. The maximum atomic E-state index is 5.86. The van der Waals surface area contributed by atoms with Crippen LogP contribution in [0.2, 0.25) is 0 Å². The van der Waals surface area contributed by atoms with Crippen LogP contribution in [0.3, 0.4) is 0 Å². The molecule has 0 spiro atoms. The van der Waals surface area contributed by atoms with Gasteiger partial charge in [-0.15, -0.1) is 0 Å². The monoisotopic (exact) mass is 273 g/mol. The van der Waals surface area contributed by atoms with Crippen LogP contribution in [-0.4, -0.2) is 16.8 Å². The molecule has 0 aliphatic rings. The zero-order valence-corrected chi connectivity index (χ0v) is 11.6. The number of nitrogens with two attached hydrogens (primary N) is 2. The van der Waals surface area contributed by atoms with Gasteiger partial charge >= 0.3 is 0 Å². The number of benzene rings is 1. The highest BCUT2D eigenvalue weighted by Crippen LogP contribution is 2.23. The van der Waals surface area contributed by atoms with Crippen LogP contribution < -0.4 is 11.5 Å². The van der Waals surface area contributed by atoms with Crippen molar-refractivity contribution in [2.24, 2.45) is 21.5 Å². The fourth-order valence-corrected chi connectivity index (χ4v) is 2.21. The first kappa shape index (κ1) is 13.2. The summed E-state index contributed by atoms with van der Waals surface area (Å²) in [5.41, 5.74) is 13.4. The van der Waals surface area contributed by atoms with E-state index in [1.807, 2.05) is 44.2 Å². The highest BCUT2D eigenvalue weighted by molar-refractivity contribution is 7.15. The minimum absolute atomic E-state index is 0.107. The largest absolute Gasteiger partial charge is 0.383 e. The molecule has 0 amide bonds. The van der Waals surface area contributed by atoms with E-state index in [4.69, 9.17) is 11.5 Å². The molecule has 4 N–H and O–H groups in total. The van der Waals surface area contributed by atoms with E-state index in [0.29, 0.717) is 11.0 Å². The van der Waals surface area contributed by atoms with E-state index in [1.165, 1.54) is 11.3 Å². The third-order valence-electron chi connectivity index (χ3n) is 2.53. The maximum Gasteiger partial charge on any atom is 0.224 e. The minimum atomic E-state index is 0.107. The summed E-state index contributed by atoms with van der Waals surface area (Å²) in [5.74, 6) is 0.446. The van der Waals surface area contributed by atoms with Crippen LogP contribution in [0, 0.1) is 13.8 Å². The Kier molecular flexibility index (Phi) is 3.91. The molecular formula is C13H15N5S. The van der Waals surface area contributed by atoms with Crippen molar-refractivity contribution in [2.45, 2.75) is 13.8 Å². The zero-order valence-electron chi connectivity index (χ0n) is 10.8. The first-order valence-electron chi connectivity index (χ1n) is 5.74. The van der Waals surface area contributed by atoms with Crippen LogP contribution >= 0.6 is 11.3 Å². The van der Waals surface area contributed by atoms with Gasteiger partial charge in [-0.1, -0.05) is 41.7 Å². The molecule has 19 heavy (non-hydrogen) atoms. The van der Waals surface area contributed by atoms with Crippen LogP contribution in [0.4, 0.5) is 5.13 Å². The highest BCUT2D eigenvalue weighted by atomic mass is 32.1. The summed E-state index contributed by atoms with van der Waals surface area (Å²) >= 11 is 1.48. The van der Waals surface area contributed by atoms with Crippen LogP contribution in [0.15, 0.2) is 40.3 Å². The lowest BCUT2D eigenvalue weighted by Crippen LogP contribution is -2.19. The van der Waals surface area contributed by atoms with Crippen LogP contribution in [0.1, 0.15) is 16.1 Å². The van der Waals surface area contributed by atoms with Crippen molar-refractivity contribution < 1.29 is 0 Å². The summed E-state index contributed by atoms with van der Waals surface area (Å²) in [6.45, 7) is 3.92. The van der Waals surface area contributed by atoms with Gasteiger partial charge in [0, 0.05) is 10.4 Å². The molecule has 0 unspecified atom stereocenters. The van der Waals surface area contributed by atoms with Gasteiger partial charge in [0.15, 0.2) is 0 Å². The number of aromatic nitrogens is 1. The molecule has 5 nitrogen and oxygen atoms in total. The summed E-state index contributed by atoms with van der Waals surface area (Å²) in [4.78, 5) is 13.6. The molecule has 0 aliphatic heterocycles. The Labute approximate surface area is 115 Å². The quantitative estimate of drug-likeness (QED) is 0.648. The van der Waals surface area contributed by atoms with Gasteiger partial charge in [0.05, 0.1) is 5.69 Å². The third kappa shape index (κ3) is 3.38. The van der Waals surface area contributed by atoms with Crippen molar-refractivity contribution >= 4 is 28.3 Å². The average Bonchev–Trinajstić information content (AvgIpc) is 2.69. The molecule has 2 rings (SSSR count). The van der Waals surface area contributed by atoms with Crippen molar-refractivity contribution in [2.75, 3.05) is 0 Å². The molecular weight excluding hydrogens is 258 g/mol. The first-order valence-corrected chi connectivity index (χ1v) is 6.55. The Balaban J connectivity index is 2.22. The second-order valence-corrected chi connectivity index (χ2v) is 5.15. The number of nitrogens with zero attached hydrogens (tertiary/aromatic N) is 3. The van der Waals surface area contributed by atoms with E-state index in [-0.39, 0.29) is 5.96 Å². The standard InChI is InChI=1S/C13H15N5S/c1-8-9(2)19-13(16-8)18-12(15)17-11(14)10-6-4-3-5-7-10/h3-7H,1-2H3,(H4,14,15,16,17,18). The molecule has 0 saturated carbocycles. The minimum Gasteiger partial charge on any atom is -0.383 e. The van der Waals surface area contributed by atoms with Crippen molar-refractivity contribution in [3.8, 4) is 0 Å². The second kappa shape index (κ2) is 5.62. The Morgan fingerprint density at radius 1 is 1.16 bits per heavy atom. The molecule has 0 saturated heterocycles. The summed E-state index contributed by atoms with van der Waals surface area (Å²) in [7, 11) is 0. The topological polar surface area (TPSA) is 89.6 Å². The lowest BCUT2D eigenvalue weighted by atomic mass is 10.2. The molecule has 1 aromatic heterocycles. The van der Waals surface area contributed by atoms with Crippen LogP contribution in [0.25, 0.3) is 0 Å². The normalized spacial score (nSPS) is 12.7. The molecule has 98 valence electrons. The number of aryl methyl sites for hydroxylation is 2. The molecule has 6 heteroatoms. The highest BCUT2D eigenvalue weighted by Gasteiger charge is 2.03. The van der Waals surface area contributed by atoms with Gasteiger partial charge in [-0.05, 0) is 13.8 Å². The van der Waals surface area contributed by atoms with E-state index in [1.54, 1.807) is 0 Å². The summed E-state index contributed by atoms with van der Waals surface area (Å²) in [5, 5.41) is 0.595.